The molecule has 3 aromatic rings. The van der Waals surface area contributed by atoms with Gasteiger partial charge in [0.05, 0.1) is 10.2 Å². The van der Waals surface area contributed by atoms with Crippen LogP contribution in [0.25, 0.3) is 10.2 Å². The fourth-order valence-electron chi connectivity index (χ4n) is 1.78. The molecule has 30 heavy (non-hydrogen) atoms. The third-order valence-electron chi connectivity index (χ3n) is 3.17. The molecule has 0 saturated heterocycles. The van der Waals surface area contributed by atoms with Crippen LogP contribution in [0.5, 0.6) is 0 Å². The van der Waals surface area contributed by atoms with Crippen LogP contribution in [0.3, 0.4) is 0 Å². The molecule has 3 rings (SSSR count). The van der Waals surface area contributed by atoms with Crippen LogP contribution < -0.4 is 11.5 Å². The number of halogens is 3. The van der Waals surface area contributed by atoms with Gasteiger partial charge in [0, 0.05) is 0 Å². The molecule has 1 aromatic heterocycles. The van der Waals surface area contributed by atoms with Crippen LogP contribution in [0, 0.1) is 0 Å². The molecule has 0 radical (unpaired) electrons. The first kappa shape index (κ1) is 24.5. The van der Waals surface area contributed by atoms with Gasteiger partial charge in [-0.25, -0.2) is 9.78 Å². The van der Waals surface area contributed by atoms with Gasteiger partial charge in [-0.1, -0.05) is 42.5 Å². The topological polar surface area (TPSA) is 157 Å². The number of hydrogen-bond acceptors (Lipinski definition) is 6. The highest BCUT2D eigenvalue weighted by Crippen LogP contribution is 2.20. The van der Waals surface area contributed by atoms with E-state index in [4.69, 9.17) is 26.5 Å². The van der Waals surface area contributed by atoms with Gasteiger partial charge in [0.25, 0.3) is 5.91 Å². The van der Waals surface area contributed by atoms with Crippen LogP contribution >= 0.6 is 11.3 Å². The van der Waals surface area contributed by atoms with Crippen molar-refractivity contribution in [3.8, 4) is 0 Å². The molecular formula is C18H16F3N3O5S. The van der Waals surface area contributed by atoms with Gasteiger partial charge in [-0.3, -0.25) is 9.59 Å². The number of para-hydroxylation sites is 1. The second-order valence-electron chi connectivity index (χ2n) is 5.38. The Bertz CT molecular complexity index is 976. The number of carbonyl (C=O) groups is 3. The SMILES string of the molecule is NC(=O)c1nc2ccccc2s1.N[C@H](C(=O)O)c1ccccc1.O=C(O)C(F)(F)F. The van der Waals surface area contributed by atoms with Crippen LogP contribution in [-0.2, 0) is 9.59 Å². The number of fused-ring (bicyclic) bond motifs is 1. The summed E-state index contributed by atoms with van der Waals surface area (Å²) in [7, 11) is 0. The Balaban J connectivity index is 0.000000234. The zero-order valence-electron chi connectivity index (χ0n) is 15.0. The average molecular weight is 443 g/mol. The van der Waals surface area contributed by atoms with Crippen LogP contribution in [0.4, 0.5) is 13.2 Å². The first-order valence-corrected chi connectivity index (χ1v) is 8.74. The number of aromatic nitrogens is 1. The van der Waals surface area contributed by atoms with Gasteiger partial charge >= 0.3 is 18.1 Å². The predicted molar refractivity (Wildman–Crippen MR) is 103 cm³/mol. The number of alkyl halides is 3. The van der Waals surface area contributed by atoms with Crippen molar-refractivity contribution in [2.24, 2.45) is 11.5 Å². The number of benzene rings is 2. The number of aliphatic carboxylic acids is 2. The molecule has 1 atom stereocenters. The van der Waals surface area contributed by atoms with Gasteiger partial charge < -0.3 is 21.7 Å². The van der Waals surface area contributed by atoms with Crippen molar-refractivity contribution >= 4 is 39.4 Å². The minimum absolute atomic E-state index is 0.371. The van der Waals surface area contributed by atoms with Crippen LogP contribution in [-0.4, -0.2) is 39.2 Å². The predicted octanol–water partition coefficient (Wildman–Crippen LogP) is 2.80. The molecule has 0 unspecified atom stereocenters. The first-order valence-electron chi connectivity index (χ1n) is 7.92. The van der Waals surface area contributed by atoms with Gasteiger partial charge in [-0.15, -0.1) is 11.3 Å². The molecule has 8 nitrogen and oxygen atoms in total. The third-order valence-corrected chi connectivity index (χ3v) is 4.22. The van der Waals surface area contributed by atoms with Crippen molar-refractivity contribution in [1.29, 1.82) is 0 Å². The zero-order chi connectivity index (χ0) is 22.9. The number of primary amides is 1. The molecule has 0 saturated carbocycles. The van der Waals surface area contributed by atoms with Crippen molar-refractivity contribution in [1.82, 2.24) is 4.98 Å². The number of carboxylic acid groups (broad SMARTS) is 2. The number of nitrogens with two attached hydrogens (primary N) is 2. The lowest BCUT2D eigenvalue weighted by atomic mass is 10.1. The van der Waals surface area contributed by atoms with E-state index in [0.29, 0.717) is 10.6 Å². The fraction of sp³-hybridized carbons (Fsp3) is 0.111. The van der Waals surface area contributed by atoms with E-state index in [1.807, 2.05) is 30.3 Å². The van der Waals surface area contributed by atoms with E-state index < -0.39 is 30.1 Å². The summed E-state index contributed by atoms with van der Waals surface area (Å²) < 4.78 is 32.7. The normalized spacial score (nSPS) is 11.3. The van der Waals surface area contributed by atoms with E-state index in [1.165, 1.54) is 11.3 Å². The maximum absolute atomic E-state index is 10.7. The monoisotopic (exact) mass is 443 g/mol. The molecule has 0 aliphatic carbocycles. The number of carboxylic acids is 2. The van der Waals surface area contributed by atoms with Gasteiger partial charge in [-0.2, -0.15) is 13.2 Å². The largest absolute Gasteiger partial charge is 0.490 e. The van der Waals surface area contributed by atoms with Crippen LogP contribution in [0.1, 0.15) is 21.4 Å². The maximum Gasteiger partial charge on any atom is 0.490 e. The highest BCUT2D eigenvalue weighted by Gasteiger charge is 2.38. The standard InChI is InChI=1S/C8H6N2OS.C8H9NO2.C2HF3O2/c9-7(11)8-10-5-3-1-2-4-6(5)12-8;9-7(8(10)11)6-4-2-1-3-5-6;3-2(4,5)1(6)7/h1-4H,(H2,9,11);1-5,7H,9H2,(H,10,11);(H,6,7)/t;7-;/m.0./s1. The average Bonchev–Trinajstić information content (AvgIpc) is 3.13. The Morgan fingerprint density at radius 3 is 1.90 bits per heavy atom. The first-order chi connectivity index (χ1) is 13.9. The quantitative estimate of drug-likeness (QED) is 0.485. The minimum atomic E-state index is -5.08. The molecule has 2 aromatic carbocycles. The molecule has 6 N–H and O–H groups in total. The van der Waals surface area contributed by atoms with Crippen LogP contribution in [0.2, 0.25) is 0 Å². The Hall–Kier alpha value is -3.51. The minimum Gasteiger partial charge on any atom is -0.480 e. The maximum atomic E-state index is 10.7. The number of rotatable bonds is 3. The summed E-state index contributed by atoms with van der Waals surface area (Å²) >= 11 is 1.32. The molecule has 1 amide bonds. The third kappa shape index (κ3) is 7.85. The molecule has 12 heteroatoms. The molecule has 160 valence electrons. The van der Waals surface area contributed by atoms with E-state index in [9.17, 15) is 22.8 Å². The lowest BCUT2D eigenvalue weighted by Crippen LogP contribution is -2.21. The van der Waals surface area contributed by atoms with Gasteiger partial charge in [0.1, 0.15) is 6.04 Å². The number of hydrogen-bond donors (Lipinski definition) is 4. The molecule has 0 bridgehead atoms. The summed E-state index contributed by atoms with van der Waals surface area (Å²) in [6.45, 7) is 0. The summed E-state index contributed by atoms with van der Waals surface area (Å²) in [5.41, 5.74) is 11.9. The van der Waals surface area contributed by atoms with Crippen molar-refractivity contribution in [2.75, 3.05) is 0 Å². The van der Waals surface area contributed by atoms with E-state index >= 15 is 0 Å². The Labute approximate surface area is 171 Å². The Morgan fingerprint density at radius 2 is 1.47 bits per heavy atom. The fourth-order valence-corrected chi connectivity index (χ4v) is 2.60. The number of nitrogens with zero attached hydrogens (tertiary/aromatic N) is 1. The van der Waals surface area contributed by atoms with E-state index in [-0.39, 0.29) is 0 Å². The second kappa shape index (κ2) is 10.9. The van der Waals surface area contributed by atoms with Crippen molar-refractivity contribution < 1.29 is 37.8 Å². The number of thiazole rings is 1. The van der Waals surface area contributed by atoms with E-state index in [0.717, 1.165) is 10.2 Å². The van der Waals surface area contributed by atoms with Crippen molar-refractivity contribution in [3.05, 3.63) is 65.2 Å². The number of carbonyl (C=O) groups excluding carboxylic acids is 1. The Morgan fingerprint density at radius 1 is 0.967 bits per heavy atom. The highest BCUT2D eigenvalue weighted by atomic mass is 32.1. The van der Waals surface area contributed by atoms with Crippen molar-refractivity contribution in [3.63, 3.8) is 0 Å². The lowest BCUT2D eigenvalue weighted by Gasteiger charge is -2.04. The summed E-state index contributed by atoms with van der Waals surface area (Å²) in [6.07, 6.45) is -5.08. The molecule has 0 aliphatic rings. The van der Waals surface area contributed by atoms with Gasteiger partial charge in [0.2, 0.25) is 0 Å². The molecule has 1 heterocycles. The smallest absolute Gasteiger partial charge is 0.480 e. The highest BCUT2D eigenvalue weighted by molar-refractivity contribution is 7.20. The van der Waals surface area contributed by atoms with Gasteiger partial charge in [-0.05, 0) is 17.7 Å². The summed E-state index contributed by atoms with van der Waals surface area (Å²) in [4.78, 5) is 34.1. The summed E-state index contributed by atoms with van der Waals surface area (Å²) in [5.74, 6) is -4.22. The van der Waals surface area contributed by atoms with Crippen LogP contribution in [0.15, 0.2) is 54.6 Å². The van der Waals surface area contributed by atoms with E-state index in [2.05, 4.69) is 4.98 Å². The number of amides is 1. The van der Waals surface area contributed by atoms with Crippen molar-refractivity contribution in [2.45, 2.75) is 12.2 Å². The molecule has 0 aliphatic heterocycles. The second-order valence-corrected chi connectivity index (χ2v) is 6.41. The van der Waals surface area contributed by atoms with Gasteiger partial charge in [0.15, 0.2) is 5.01 Å². The molecular weight excluding hydrogens is 427 g/mol. The zero-order valence-corrected chi connectivity index (χ0v) is 15.9. The Kier molecular flexibility index (Phi) is 8.89. The van der Waals surface area contributed by atoms with E-state index in [1.54, 1.807) is 24.3 Å². The molecule has 0 fully saturated rings. The summed E-state index contributed by atoms with van der Waals surface area (Å²) in [6, 6.07) is 15.4. The molecule has 0 spiro atoms. The lowest BCUT2D eigenvalue weighted by molar-refractivity contribution is -0.192. The summed E-state index contributed by atoms with van der Waals surface area (Å²) in [5, 5.41) is 16.0.